The van der Waals surface area contributed by atoms with Crippen LogP contribution in [0.2, 0.25) is 5.02 Å². The number of nitrogens with zero attached hydrogens (tertiary/aromatic N) is 4. The van der Waals surface area contributed by atoms with E-state index in [4.69, 9.17) is 30.8 Å². The number of ether oxygens (including phenoxy) is 3. The summed E-state index contributed by atoms with van der Waals surface area (Å²) in [6.45, 7) is 9.42. The van der Waals surface area contributed by atoms with Crippen LogP contribution in [0.15, 0.2) is 54.6 Å². The van der Waals surface area contributed by atoms with Gasteiger partial charge in [-0.05, 0) is 82.0 Å². The van der Waals surface area contributed by atoms with Crippen molar-refractivity contribution in [2.45, 2.75) is 77.4 Å². The van der Waals surface area contributed by atoms with Gasteiger partial charge in [-0.15, -0.1) is 0 Å². The van der Waals surface area contributed by atoms with Gasteiger partial charge in [-0.1, -0.05) is 23.7 Å². The van der Waals surface area contributed by atoms with E-state index < -0.39 is 11.7 Å². The maximum absolute atomic E-state index is 14.3. The highest BCUT2D eigenvalue weighted by molar-refractivity contribution is 6.30. The van der Waals surface area contributed by atoms with E-state index in [9.17, 15) is 9.18 Å². The average molecular weight is 636 g/mol. The van der Waals surface area contributed by atoms with Crippen molar-refractivity contribution in [1.29, 1.82) is 0 Å². The molecular formula is C34H39ClFN5O4. The van der Waals surface area contributed by atoms with Gasteiger partial charge in [0, 0.05) is 48.6 Å². The molecule has 1 unspecified atom stereocenters. The molecule has 2 aliphatic heterocycles. The maximum Gasteiger partial charge on any atom is 0.412 e. The zero-order valence-corrected chi connectivity index (χ0v) is 26.6. The lowest BCUT2D eigenvalue weighted by molar-refractivity contribution is -0.0592. The van der Waals surface area contributed by atoms with Crippen LogP contribution in [-0.2, 0) is 29.0 Å². The molecule has 1 atom stereocenters. The molecule has 0 spiro atoms. The van der Waals surface area contributed by atoms with E-state index in [1.807, 2.05) is 57.2 Å². The summed E-state index contributed by atoms with van der Waals surface area (Å²) in [7, 11) is 0. The standard InChI is InChI=1S/C34H39ClFN5O4/c1-34(2,3)45-33(42)38-25-9-10-29-30(19-25)41(20-27-13-16-43-27)31(39-29)21-40-14-11-26(12-15-40)44-32-6-4-5-24(37-32)17-22-7-8-23(35)18-28(22)36/h4-10,18-19,26-27H,11-17,20-21H2,1-3H3,(H,38,42). The van der Waals surface area contributed by atoms with Crippen LogP contribution >= 0.6 is 11.6 Å². The van der Waals surface area contributed by atoms with Gasteiger partial charge in [0.25, 0.3) is 0 Å². The van der Waals surface area contributed by atoms with E-state index >= 15 is 0 Å². The number of hydrogen-bond acceptors (Lipinski definition) is 7. The van der Waals surface area contributed by atoms with Gasteiger partial charge in [-0.3, -0.25) is 10.2 Å². The van der Waals surface area contributed by atoms with Crippen molar-refractivity contribution in [2.75, 3.05) is 25.0 Å². The molecule has 6 rings (SSSR count). The number of nitrogens with one attached hydrogen (secondary N) is 1. The predicted octanol–water partition coefficient (Wildman–Crippen LogP) is 6.99. The number of pyridine rings is 1. The van der Waals surface area contributed by atoms with Crippen LogP contribution in [0.3, 0.4) is 0 Å². The van der Waals surface area contributed by atoms with Crippen LogP contribution in [0.1, 0.15) is 57.1 Å². The van der Waals surface area contributed by atoms with Gasteiger partial charge in [0.2, 0.25) is 5.88 Å². The second-order valence-corrected chi connectivity index (χ2v) is 13.2. The number of amides is 1. The molecule has 45 heavy (non-hydrogen) atoms. The molecule has 2 fully saturated rings. The number of imidazole rings is 1. The highest BCUT2D eigenvalue weighted by Gasteiger charge is 2.26. The third kappa shape index (κ3) is 8.11. The normalized spacial score (nSPS) is 17.7. The molecule has 2 aromatic heterocycles. The number of carbonyl (C=O) groups excluding carboxylic acids is 1. The first-order valence-electron chi connectivity index (χ1n) is 15.5. The Morgan fingerprint density at radius 3 is 2.60 bits per heavy atom. The lowest BCUT2D eigenvalue weighted by Gasteiger charge is -2.32. The first-order chi connectivity index (χ1) is 21.6. The molecule has 2 aliphatic rings. The van der Waals surface area contributed by atoms with E-state index in [0.717, 1.165) is 61.5 Å². The van der Waals surface area contributed by atoms with Crippen molar-refractivity contribution in [3.05, 3.63) is 82.5 Å². The first-order valence-corrected chi connectivity index (χ1v) is 15.9. The minimum Gasteiger partial charge on any atom is -0.474 e. The summed E-state index contributed by atoms with van der Waals surface area (Å²) in [5.41, 5.74) is 3.20. The highest BCUT2D eigenvalue weighted by atomic mass is 35.5. The number of anilines is 1. The first kappa shape index (κ1) is 31.3. The fourth-order valence-electron chi connectivity index (χ4n) is 5.67. The van der Waals surface area contributed by atoms with Crippen LogP contribution in [-0.4, -0.2) is 63.0 Å². The van der Waals surface area contributed by atoms with Crippen molar-refractivity contribution in [1.82, 2.24) is 19.4 Å². The smallest absolute Gasteiger partial charge is 0.412 e. The molecule has 2 saturated heterocycles. The number of benzene rings is 2. The third-order valence-corrected chi connectivity index (χ3v) is 8.24. The Hall–Kier alpha value is -3.73. The van der Waals surface area contributed by atoms with Gasteiger partial charge in [0.05, 0.1) is 30.2 Å². The SMILES string of the molecule is CC(C)(C)OC(=O)Nc1ccc2nc(CN3CCC(Oc4cccc(Cc5ccc(Cl)cc5F)n4)CC3)n(CC3CCO3)c2c1. The number of halogens is 2. The number of likely N-dealkylation sites (tertiary alicyclic amines) is 1. The quantitative estimate of drug-likeness (QED) is 0.212. The molecule has 11 heteroatoms. The van der Waals surface area contributed by atoms with Crippen molar-refractivity contribution in [2.24, 2.45) is 0 Å². The molecule has 0 radical (unpaired) electrons. The minimum atomic E-state index is -0.581. The molecule has 9 nitrogen and oxygen atoms in total. The molecule has 238 valence electrons. The molecule has 4 aromatic rings. The summed E-state index contributed by atoms with van der Waals surface area (Å²) >= 11 is 5.90. The average Bonchev–Trinajstić information content (AvgIpc) is 3.28. The van der Waals surface area contributed by atoms with Crippen LogP contribution < -0.4 is 10.1 Å². The summed E-state index contributed by atoms with van der Waals surface area (Å²) in [6.07, 6.45) is 2.80. The second-order valence-electron chi connectivity index (χ2n) is 12.7. The van der Waals surface area contributed by atoms with Crippen molar-refractivity contribution < 1.29 is 23.4 Å². The highest BCUT2D eigenvalue weighted by Crippen LogP contribution is 2.27. The van der Waals surface area contributed by atoms with Crippen LogP contribution in [0.5, 0.6) is 5.88 Å². The molecule has 2 aromatic carbocycles. The molecule has 0 bridgehead atoms. The molecule has 4 heterocycles. The number of fused-ring (bicyclic) bond motifs is 1. The Kier molecular flexibility index (Phi) is 9.26. The summed E-state index contributed by atoms with van der Waals surface area (Å²) in [6, 6.07) is 16.1. The maximum atomic E-state index is 14.3. The number of carbonyl (C=O) groups is 1. The summed E-state index contributed by atoms with van der Waals surface area (Å²) in [5.74, 6) is 1.19. The minimum absolute atomic E-state index is 0.0416. The third-order valence-electron chi connectivity index (χ3n) is 8.01. The van der Waals surface area contributed by atoms with Gasteiger partial charge in [0.15, 0.2) is 0 Å². The lowest BCUT2D eigenvalue weighted by Crippen LogP contribution is -2.39. The number of hydrogen-bond donors (Lipinski definition) is 1. The topological polar surface area (TPSA) is 90.7 Å². The van der Waals surface area contributed by atoms with E-state index in [0.29, 0.717) is 41.7 Å². The van der Waals surface area contributed by atoms with E-state index in [-0.39, 0.29) is 18.0 Å². The molecular weight excluding hydrogens is 597 g/mol. The second kappa shape index (κ2) is 13.3. The molecule has 1 N–H and O–H groups in total. The van der Waals surface area contributed by atoms with Crippen molar-refractivity contribution in [3.8, 4) is 5.88 Å². The van der Waals surface area contributed by atoms with Gasteiger partial charge in [-0.25, -0.2) is 19.2 Å². The van der Waals surface area contributed by atoms with Crippen LogP contribution in [0.4, 0.5) is 14.9 Å². The van der Waals surface area contributed by atoms with Gasteiger partial charge in [0.1, 0.15) is 23.3 Å². The Morgan fingerprint density at radius 1 is 1.09 bits per heavy atom. The van der Waals surface area contributed by atoms with Crippen LogP contribution in [0.25, 0.3) is 11.0 Å². The monoisotopic (exact) mass is 635 g/mol. The van der Waals surface area contributed by atoms with E-state index in [1.165, 1.54) is 6.07 Å². The molecule has 1 amide bonds. The Bertz CT molecular complexity index is 1660. The fraction of sp³-hybridized carbons (Fsp3) is 0.441. The van der Waals surface area contributed by atoms with Crippen LogP contribution in [0, 0.1) is 5.82 Å². The fourth-order valence-corrected chi connectivity index (χ4v) is 5.83. The lowest BCUT2D eigenvalue weighted by atomic mass is 10.1. The number of aromatic nitrogens is 3. The predicted molar refractivity (Wildman–Crippen MR) is 171 cm³/mol. The van der Waals surface area contributed by atoms with Gasteiger partial charge >= 0.3 is 6.09 Å². The van der Waals surface area contributed by atoms with Gasteiger partial charge in [-0.2, -0.15) is 0 Å². The Balaban J connectivity index is 1.09. The number of rotatable bonds is 9. The van der Waals surface area contributed by atoms with Crippen molar-refractivity contribution >= 4 is 34.4 Å². The summed E-state index contributed by atoms with van der Waals surface area (Å²) < 4.78 is 34.0. The number of piperidine rings is 1. The molecule has 0 saturated carbocycles. The Morgan fingerprint density at radius 2 is 1.89 bits per heavy atom. The largest absolute Gasteiger partial charge is 0.474 e. The summed E-state index contributed by atoms with van der Waals surface area (Å²) in [4.78, 5) is 24.4. The van der Waals surface area contributed by atoms with E-state index in [2.05, 4.69) is 19.8 Å². The van der Waals surface area contributed by atoms with Crippen molar-refractivity contribution in [3.63, 3.8) is 0 Å². The van der Waals surface area contributed by atoms with Gasteiger partial charge < -0.3 is 18.8 Å². The summed E-state index contributed by atoms with van der Waals surface area (Å²) in [5, 5.41) is 3.22. The zero-order chi connectivity index (χ0) is 31.6. The van der Waals surface area contributed by atoms with E-state index in [1.54, 1.807) is 12.1 Å². The zero-order valence-electron chi connectivity index (χ0n) is 25.9. The molecule has 0 aliphatic carbocycles. The Labute approximate surface area is 267 Å².